The van der Waals surface area contributed by atoms with E-state index in [1.807, 2.05) is 36.5 Å². The highest BCUT2D eigenvalue weighted by Gasteiger charge is 2.46. The molecule has 1 amide bonds. The second-order valence-corrected chi connectivity index (χ2v) is 7.73. The van der Waals surface area contributed by atoms with Crippen molar-refractivity contribution in [3.05, 3.63) is 62.8 Å². The molecule has 2 heterocycles. The van der Waals surface area contributed by atoms with Crippen LogP contribution in [-0.4, -0.2) is 53.8 Å². The van der Waals surface area contributed by atoms with Gasteiger partial charge in [0.25, 0.3) is 11.7 Å². The summed E-state index contributed by atoms with van der Waals surface area (Å²) in [5, 5.41) is 13.2. The molecule has 0 spiro atoms. The van der Waals surface area contributed by atoms with Gasteiger partial charge in [0.05, 0.1) is 11.6 Å². The summed E-state index contributed by atoms with van der Waals surface area (Å²) in [6.07, 6.45) is 0. The van der Waals surface area contributed by atoms with Crippen molar-refractivity contribution < 1.29 is 14.7 Å². The number of carbonyl (C=O) groups is 2. The number of likely N-dealkylation sites (tertiary alicyclic amines) is 1. The van der Waals surface area contributed by atoms with Crippen molar-refractivity contribution in [3.8, 4) is 0 Å². The van der Waals surface area contributed by atoms with E-state index in [1.54, 1.807) is 24.3 Å². The summed E-state index contributed by atoms with van der Waals surface area (Å²) in [7, 11) is 3.81. The minimum absolute atomic E-state index is 0.124. The van der Waals surface area contributed by atoms with Crippen LogP contribution in [0.25, 0.3) is 5.76 Å². The largest absolute Gasteiger partial charge is 0.507 e. The monoisotopic (exact) mass is 390 g/mol. The van der Waals surface area contributed by atoms with Gasteiger partial charge >= 0.3 is 0 Å². The van der Waals surface area contributed by atoms with Gasteiger partial charge in [-0.15, -0.1) is 11.3 Å². The Morgan fingerprint density at radius 2 is 1.92 bits per heavy atom. The molecule has 1 aromatic heterocycles. The summed E-state index contributed by atoms with van der Waals surface area (Å²) < 4.78 is 0. The van der Waals surface area contributed by atoms with Crippen molar-refractivity contribution in [2.45, 2.75) is 6.04 Å². The zero-order valence-electron chi connectivity index (χ0n) is 14.5. The average Bonchev–Trinajstić information content (AvgIpc) is 3.21. The summed E-state index contributed by atoms with van der Waals surface area (Å²) in [4.78, 5) is 29.7. The molecule has 3 rings (SSSR count). The van der Waals surface area contributed by atoms with Crippen molar-refractivity contribution in [2.75, 3.05) is 27.2 Å². The van der Waals surface area contributed by atoms with E-state index in [9.17, 15) is 14.7 Å². The van der Waals surface area contributed by atoms with Crippen LogP contribution in [0.15, 0.2) is 47.4 Å². The van der Waals surface area contributed by atoms with Crippen LogP contribution in [0.5, 0.6) is 0 Å². The van der Waals surface area contributed by atoms with E-state index in [2.05, 4.69) is 0 Å². The Kier molecular flexibility index (Phi) is 5.46. The van der Waals surface area contributed by atoms with Crippen LogP contribution < -0.4 is 0 Å². The van der Waals surface area contributed by atoms with Gasteiger partial charge in [0.15, 0.2) is 0 Å². The maximum atomic E-state index is 12.7. The summed E-state index contributed by atoms with van der Waals surface area (Å²) in [6.45, 7) is 1.02. The molecule has 2 aromatic rings. The zero-order valence-corrected chi connectivity index (χ0v) is 16.0. The number of thiophene rings is 1. The lowest BCUT2D eigenvalue weighted by molar-refractivity contribution is -0.140. The van der Waals surface area contributed by atoms with Gasteiger partial charge in [-0.1, -0.05) is 17.7 Å². The highest BCUT2D eigenvalue weighted by atomic mass is 35.5. The van der Waals surface area contributed by atoms with Crippen molar-refractivity contribution in [3.63, 3.8) is 0 Å². The van der Waals surface area contributed by atoms with Gasteiger partial charge < -0.3 is 14.9 Å². The first kappa shape index (κ1) is 18.6. The predicted octanol–water partition coefficient (Wildman–Crippen LogP) is 3.38. The van der Waals surface area contributed by atoms with E-state index in [4.69, 9.17) is 11.6 Å². The molecule has 1 aliphatic rings. The number of Topliss-reactive ketones (excluding diaryl/α,β-unsaturated/α-hetero) is 1. The third kappa shape index (κ3) is 3.53. The Balaban J connectivity index is 2.09. The molecule has 1 N–H and O–H groups in total. The molecule has 5 nitrogen and oxygen atoms in total. The number of halogens is 1. The lowest BCUT2D eigenvalue weighted by Crippen LogP contribution is -2.35. The fraction of sp³-hybridized carbons (Fsp3) is 0.263. The van der Waals surface area contributed by atoms with Gasteiger partial charge in [-0.3, -0.25) is 9.59 Å². The first-order valence-corrected chi connectivity index (χ1v) is 9.38. The van der Waals surface area contributed by atoms with E-state index in [0.717, 1.165) is 4.88 Å². The van der Waals surface area contributed by atoms with E-state index in [0.29, 0.717) is 23.7 Å². The normalized spacial score (nSPS) is 19.5. The SMILES string of the molecule is CN(C)CCN1C(=O)C(=O)/C(=C(\O)c2ccc(Cl)cc2)C1c1cccs1. The molecule has 1 aromatic carbocycles. The van der Waals surface area contributed by atoms with Gasteiger partial charge in [0.1, 0.15) is 5.76 Å². The van der Waals surface area contributed by atoms with Crippen LogP contribution in [0.1, 0.15) is 16.5 Å². The molecule has 136 valence electrons. The molecule has 1 aliphatic heterocycles. The average molecular weight is 391 g/mol. The van der Waals surface area contributed by atoms with Crippen LogP contribution in [0, 0.1) is 0 Å². The Labute approximate surface area is 161 Å². The Hall–Kier alpha value is -2.15. The van der Waals surface area contributed by atoms with E-state index >= 15 is 0 Å². The molecule has 1 fully saturated rings. The molecule has 0 saturated carbocycles. The standard InChI is InChI=1S/C19H19ClN2O3S/c1-21(2)9-10-22-16(14-4-3-11-26-14)15(18(24)19(22)25)17(23)12-5-7-13(20)8-6-12/h3-8,11,16,23H,9-10H2,1-2H3/b17-15-. The number of nitrogens with zero attached hydrogens (tertiary/aromatic N) is 2. The fourth-order valence-electron chi connectivity index (χ4n) is 2.92. The minimum atomic E-state index is -0.658. The number of hydrogen-bond donors (Lipinski definition) is 1. The van der Waals surface area contributed by atoms with Crippen molar-refractivity contribution in [2.24, 2.45) is 0 Å². The second-order valence-electron chi connectivity index (χ2n) is 6.32. The molecule has 1 saturated heterocycles. The second kappa shape index (κ2) is 7.61. The van der Waals surface area contributed by atoms with Gasteiger partial charge in [0, 0.05) is 28.6 Å². The van der Waals surface area contributed by atoms with Gasteiger partial charge in [0.2, 0.25) is 0 Å². The van der Waals surface area contributed by atoms with Crippen molar-refractivity contribution >= 4 is 40.4 Å². The Bertz CT molecular complexity index is 844. The number of aliphatic hydroxyl groups excluding tert-OH is 1. The highest BCUT2D eigenvalue weighted by Crippen LogP contribution is 2.40. The number of benzene rings is 1. The van der Waals surface area contributed by atoms with Gasteiger partial charge in [-0.05, 0) is 49.8 Å². The third-order valence-electron chi connectivity index (χ3n) is 4.26. The van der Waals surface area contributed by atoms with Crippen molar-refractivity contribution in [1.82, 2.24) is 9.80 Å². The molecule has 26 heavy (non-hydrogen) atoms. The third-order valence-corrected chi connectivity index (χ3v) is 5.44. The fourth-order valence-corrected chi connectivity index (χ4v) is 3.90. The molecule has 7 heteroatoms. The van der Waals surface area contributed by atoms with Crippen LogP contribution in [0.3, 0.4) is 0 Å². The molecule has 0 radical (unpaired) electrons. The smallest absolute Gasteiger partial charge is 0.295 e. The topological polar surface area (TPSA) is 60.9 Å². The van der Waals surface area contributed by atoms with E-state index < -0.39 is 17.7 Å². The Morgan fingerprint density at radius 3 is 2.50 bits per heavy atom. The molecule has 0 aliphatic carbocycles. The number of rotatable bonds is 5. The van der Waals surface area contributed by atoms with Gasteiger partial charge in [-0.25, -0.2) is 0 Å². The highest BCUT2D eigenvalue weighted by molar-refractivity contribution is 7.10. The van der Waals surface area contributed by atoms with E-state index in [-0.39, 0.29) is 11.3 Å². The number of amides is 1. The predicted molar refractivity (Wildman–Crippen MR) is 103 cm³/mol. The van der Waals surface area contributed by atoms with Gasteiger partial charge in [-0.2, -0.15) is 0 Å². The molecular weight excluding hydrogens is 372 g/mol. The van der Waals surface area contributed by atoms with Crippen LogP contribution in [0.2, 0.25) is 5.02 Å². The number of hydrogen-bond acceptors (Lipinski definition) is 5. The number of aliphatic hydroxyl groups is 1. The van der Waals surface area contributed by atoms with Crippen LogP contribution in [0.4, 0.5) is 0 Å². The summed E-state index contributed by atoms with van der Waals surface area (Å²) in [5.41, 5.74) is 0.583. The van der Waals surface area contributed by atoms with E-state index in [1.165, 1.54) is 16.2 Å². The molecule has 1 atom stereocenters. The number of carbonyl (C=O) groups excluding carboxylic acids is 2. The molecule has 0 bridgehead atoms. The van der Waals surface area contributed by atoms with Crippen molar-refractivity contribution in [1.29, 1.82) is 0 Å². The molecular formula is C19H19ClN2O3S. The summed E-state index contributed by atoms with van der Waals surface area (Å²) in [5.74, 6) is -1.42. The maximum absolute atomic E-state index is 12.7. The number of likely N-dealkylation sites (N-methyl/N-ethyl adjacent to an activating group) is 1. The first-order chi connectivity index (χ1) is 12.4. The summed E-state index contributed by atoms with van der Waals surface area (Å²) in [6, 6.07) is 9.71. The quantitative estimate of drug-likeness (QED) is 0.483. The van der Waals surface area contributed by atoms with Crippen LogP contribution >= 0.6 is 22.9 Å². The summed E-state index contributed by atoms with van der Waals surface area (Å²) >= 11 is 7.36. The minimum Gasteiger partial charge on any atom is -0.507 e. The first-order valence-electron chi connectivity index (χ1n) is 8.12. The molecule has 1 unspecified atom stereocenters. The lowest BCUT2D eigenvalue weighted by atomic mass is 10.00. The number of ketones is 1. The lowest BCUT2D eigenvalue weighted by Gasteiger charge is -2.25. The van der Waals surface area contributed by atoms with Crippen LogP contribution in [-0.2, 0) is 9.59 Å². The zero-order chi connectivity index (χ0) is 18.8. The maximum Gasteiger partial charge on any atom is 0.295 e. The Morgan fingerprint density at radius 1 is 1.23 bits per heavy atom.